The number of likely N-dealkylation sites (N-methyl/N-ethyl adjacent to an activating group) is 1. The molecule has 1 aliphatic heterocycles. The fourth-order valence-electron chi connectivity index (χ4n) is 3.73. The van der Waals surface area contributed by atoms with Gasteiger partial charge < -0.3 is 9.57 Å². The monoisotopic (exact) mass is 390 g/mol. The van der Waals surface area contributed by atoms with Gasteiger partial charge >= 0.3 is 0 Å². The van der Waals surface area contributed by atoms with E-state index in [2.05, 4.69) is 41.6 Å². The topological polar surface area (TPSA) is 49.9 Å². The van der Waals surface area contributed by atoms with Gasteiger partial charge in [0.1, 0.15) is 5.76 Å². The molecule has 2 aromatic carbocycles. The Bertz CT molecular complexity index is 1070. The first-order chi connectivity index (χ1) is 14.0. The molecule has 4 rings (SSSR count). The minimum absolute atomic E-state index is 0.182. The molecule has 0 bridgehead atoms. The third-order valence-corrected chi connectivity index (χ3v) is 5.36. The SMILES string of the molecule is COc1cc(NN(C)c2ccccc2)c2cc(C3=C(C)ON(C)C3C)ccc2n1. The van der Waals surface area contributed by atoms with Crippen LogP contribution in [-0.2, 0) is 4.84 Å². The van der Waals surface area contributed by atoms with Crippen molar-refractivity contribution in [3.63, 3.8) is 0 Å². The summed E-state index contributed by atoms with van der Waals surface area (Å²) in [5.74, 6) is 1.50. The number of rotatable bonds is 5. The number of hydrogen-bond donors (Lipinski definition) is 1. The van der Waals surface area contributed by atoms with Gasteiger partial charge in [-0.3, -0.25) is 10.4 Å². The Labute approximate surface area is 171 Å². The predicted molar refractivity (Wildman–Crippen MR) is 118 cm³/mol. The molecule has 0 amide bonds. The summed E-state index contributed by atoms with van der Waals surface area (Å²) >= 11 is 0. The quantitative estimate of drug-likeness (QED) is 0.637. The molecule has 0 aliphatic carbocycles. The van der Waals surface area contributed by atoms with Crippen LogP contribution in [0.4, 0.5) is 11.4 Å². The molecular formula is C23H26N4O2. The van der Waals surface area contributed by atoms with Crippen molar-refractivity contribution in [2.24, 2.45) is 0 Å². The second kappa shape index (κ2) is 7.64. The lowest BCUT2D eigenvalue weighted by molar-refractivity contribution is -0.0883. The third-order valence-electron chi connectivity index (χ3n) is 5.36. The van der Waals surface area contributed by atoms with Gasteiger partial charge in [-0.05, 0) is 43.7 Å². The van der Waals surface area contributed by atoms with E-state index in [0.717, 1.165) is 33.6 Å². The molecule has 2 heterocycles. The molecule has 1 atom stereocenters. The molecule has 0 radical (unpaired) electrons. The van der Waals surface area contributed by atoms with Crippen LogP contribution in [0, 0.1) is 0 Å². The molecule has 1 N–H and O–H groups in total. The number of methoxy groups -OCH3 is 1. The number of hydrazine groups is 1. The van der Waals surface area contributed by atoms with Crippen LogP contribution in [0.1, 0.15) is 19.4 Å². The molecule has 150 valence electrons. The third kappa shape index (κ3) is 3.59. The highest BCUT2D eigenvalue weighted by Crippen LogP contribution is 2.36. The molecule has 3 aromatic rings. The summed E-state index contributed by atoms with van der Waals surface area (Å²) in [5, 5.41) is 4.89. The highest BCUT2D eigenvalue weighted by atomic mass is 16.7. The molecular weight excluding hydrogens is 364 g/mol. The van der Waals surface area contributed by atoms with E-state index in [1.807, 2.05) is 61.4 Å². The van der Waals surface area contributed by atoms with E-state index in [1.165, 1.54) is 5.57 Å². The smallest absolute Gasteiger partial charge is 0.215 e. The summed E-state index contributed by atoms with van der Waals surface area (Å²) in [6.45, 7) is 4.15. The van der Waals surface area contributed by atoms with Gasteiger partial charge in [-0.2, -0.15) is 0 Å². The van der Waals surface area contributed by atoms with Gasteiger partial charge in [-0.25, -0.2) is 4.98 Å². The summed E-state index contributed by atoms with van der Waals surface area (Å²) in [5.41, 5.74) is 8.66. The number of benzene rings is 2. The molecule has 0 fully saturated rings. The van der Waals surface area contributed by atoms with Crippen LogP contribution in [0.3, 0.4) is 0 Å². The van der Waals surface area contributed by atoms with Crippen LogP contribution in [0.25, 0.3) is 16.5 Å². The van der Waals surface area contributed by atoms with E-state index >= 15 is 0 Å². The molecule has 6 heteroatoms. The minimum Gasteiger partial charge on any atom is -0.481 e. The average molecular weight is 390 g/mol. The van der Waals surface area contributed by atoms with E-state index in [-0.39, 0.29) is 6.04 Å². The number of ether oxygens (including phenoxy) is 1. The van der Waals surface area contributed by atoms with Crippen molar-refractivity contribution in [2.45, 2.75) is 19.9 Å². The van der Waals surface area contributed by atoms with Crippen LogP contribution < -0.4 is 15.2 Å². The van der Waals surface area contributed by atoms with Gasteiger partial charge in [-0.15, -0.1) is 5.06 Å². The molecule has 1 aliphatic rings. The zero-order chi connectivity index (χ0) is 20.5. The van der Waals surface area contributed by atoms with Crippen molar-refractivity contribution in [2.75, 3.05) is 31.6 Å². The van der Waals surface area contributed by atoms with Crippen molar-refractivity contribution in [1.82, 2.24) is 10.0 Å². The standard InChI is InChI=1S/C23H26N4O2/c1-15-23(16(2)29-27(15)4)17-11-12-20-19(13-17)21(14-22(24-20)28-5)25-26(3)18-9-7-6-8-10-18/h6-15H,1-5H3,(H,24,25). The Kier molecular flexibility index (Phi) is 5.03. The molecule has 1 aromatic heterocycles. The lowest BCUT2D eigenvalue weighted by Gasteiger charge is -2.23. The van der Waals surface area contributed by atoms with Crippen LogP contribution in [0.15, 0.2) is 60.4 Å². The van der Waals surface area contributed by atoms with Crippen molar-refractivity contribution in [3.8, 4) is 5.88 Å². The Morgan fingerprint density at radius 2 is 1.90 bits per heavy atom. The fraction of sp³-hybridized carbons (Fsp3) is 0.261. The van der Waals surface area contributed by atoms with Gasteiger partial charge in [0.05, 0.1) is 30.0 Å². The van der Waals surface area contributed by atoms with E-state index in [9.17, 15) is 0 Å². The van der Waals surface area contributed by atoms with Crippen molar-refractivity contribution in [1.29, 1.82) is 0 Å². The van der Waals surface area contributed by atoms with Crippen LogP contribution >= 0.6 is 0 Å². The first-order valence-electron chi connectivity index (χ1n) is 9.64. The number of nitrogens with zero attached hydrogens (tertiary/aromatic N) is 3. The van der Waals surface area contributed by atoms with Gasteiger partial charge in [0.25, 0.3) is 0 Å². The molecule has 1 unspecified atom stereocenters. The highest BCUT2D eigenvalue weighted by molar-refractivity contribution is 5.95. The molecule has 0 saturated carbocycles. The first-order valence-corrected chi connectivity index (χ1v) is 9.64. The van der Waals surface area contributed by atoms with E-state index in [1.54, 1.807) is 7.11 Å². The normalized spacial score (nSPS) is 16.8. The Hall–Kier alpha value is -3.25. The van der Waals surface area contributed by atoms with E-state index in [0.29, 0.717) is 5.88 Å². The molecule has 29 heavy (non-hydrogen) atoms. The Morgan fingerprint density at radius 3 is 2.55 bits per heavy atom. The number of para-hydroxylation sites is 1. The van der Waals surface area contributed by atoms with Gasteiger partial charge in [0, 0.05) is 31.1 Å². The van der Waals surface area contributed by atoms with Crippen molar-refractivity contribution >= 4 is 27.9 Å². The summed E-state index contributed by atoms with van der Waals surface area (Å²) in [4.78, 5) is 10.4. The van der Waals surface area contributed by atoms with Crippen molar-refractivity contribution in [3.05, 3.63) is 65.9 Å². The van der Waals surface area contributed by atoms with Gasteiger partial charge in [-0.1, -0.05) is 24.3 Å². The number of hydroxylamine groups is 2. The summed E-state index contributed by atoms with van der Waals surface area (Å²) < 4.78 is 5.42. The Balaban J connectivity index is 1.79. The minimum atomic E-state index is 0.182. The fourth-order valence-corrected chi connectivity index (χ4v) is 3.73. The molecule has 6 nitrogen and oxygen atoms in total. The predicted octanol–water partition coefficient (Wildman–Crippen LogP) is 4.70. The largest absolute Gasteiger partial charge is 0.481 e. The summed E-state index contributed by atoms with van der Waals surface area (Å²) in [6, 6.07) is 18.6. The van der Waals surface area contributed by atoms with Crippen LogP contribution in [-0.4, -0.2) is 37.3 Å². The maximum absolute atomic E-state index is 5.80. The van der Waals surface area contributed by atoms with Crippen LogP contribution in [0.2, 0.25) is 0 Å². The second-order valence-electron chi connectivity index (χ2n) is 7.23. The van der Waals surface area contributed by atoms with Crippen molar-refractivity contribution < 1.29 is 9.57 Å². The maximum Gasteiger partial charge on any atom is 0.215 e. The van der Waals surface area contributed by atoms with Gasteiger partial charge in [0.15, 0.2) is 0 Å². The second-order valence-corrected chi connectivity index (χ2v) is 7.23. The lowest BCUT2D eigenvalue weighted by Crippen LogP contribution is -2.24. The molecule has 0 spiro atoms. The number of hydrogen-bond acceptors (Lipinski definition) is 6. The van der Waals surface area contributed by atoms with E-state index in [4.69, 9.17) is 9.57 Å². The number of aromatic nitrogens is 1. The highest BCUT2D eigenvalue weighted by Gasteiger charge is 2.28. The van der Waals surface area contributed by atoms with Crippen LogP contribution in [0.5, 0.6) is 5.88 Å². The maximum atomic E-state index is 5.80. The average Bonchev–Trinajstić information content (AvgIpc) is 2.99. The zero-order valence-corrected chi connectivity index (χ0v) is 17.4. The first kappa shape index (κ1) is 19.1. The van der Waals surface area contributed by atoms with Gasteiger partial charge in [0.2, 0.25) is 5.88 Å². The number of allylic oxidation sites excluding steroid dienone is 1. The Morgan fingerprint density at radius 1 is 1.14 bits per heavy atom. The summed E-state index contributed by atoms with van der Waals surface area (Å²) in [7, 11) is 5.58. The molecule has 0 saturated heterocycles. The number of nitrogens with one attached hydrogen (secondary N) is 1. The number of pyridine rings is 1. The summed E-state index contributed by atoms with van der Waals surface area (Å²) in [6.07, 6.45) is 0. The number of anilines is 2. The lowest BCUT2D eigenvalue weighted by atomic mass is 9.97. The zero-order valence-electron chi connectivity index (χ0n) is 17.4. The van der Waals surface area contributed by atoms with E-state index < -0.39 is 0 Å². The number of fused-ring (bicyclic) bond motifs is 1.